The van der Waals surface area contributed by atoms with Crippen LogP contribution in [0.1, 0.15) is 18.5 Å². The first-order valence-corrected chi connectivity index (χ1v) is 6.36. The first-order valence-electron chi connectivity index (χ1n) is 5.48. The molecule has 1 heterocycles. The molecule has 2 amide bonds. The first kappa shape index (κ1) is 13.4. The summed E-state index contributed by atoms with van der Waals surface area (Å²) in [5.74, 6) is -1.85. The molecule has 2 aromatic rings. The molecule has 2 N–H and O–H groups in total. The van der Waals surface area contributed by atoms with Crippen molar-refractivity contribution in [3.05, 3.63) is 47.0 Å². The molecule has 0 aliphatic heterocycles. The second-order valence-electron chi connectivity index (χ2n) is 3.83. The van der Waals surface area contributed by atoms with Gasteiger partial charge in [0.15, 0.2) is 16.8 Å². The van der Waals surface area contributed by atoms with E-state index in [-0.39, 0.29) is 0 Å². The number of nitrogens with one attached hydrogen (secondary N) is 2. The smallest absolute Gasteiger partial charge is 0.321 e. The Bertz CT molecular complexity index is 574. The second kappa shape index (κ2) is 5.75. The summed E-state index contributed by atoms with van der Waals surface area (Å²) in [5.41, 5.74) is 0.480. The van der Waals surface area contributed by atoms with Crippen molar-refractivity contribution >= 4 is 22.5 Å². The molecule has 2 rings (SSSR count). The fraction of sp³-hybridized carbons (Fsp3) is 0.167. The molecule has 1 aromatic carbocycles. The maximum atomic E-state index is 13.1. The Hall–Kier alpha value is -2.02. The highest BCUT2D eigenvalue weighted by Crippen LogP contribution is 2.16. The van der Waals surface area contributed by atoms with Crippen LogP contribution in [0.15, 0.2) is 29.8 Å². The van der Waals surface area contributed by atoms with Crippen molar-refractivity contribution in [2.24, 2.45) is 0 Å². The predicted octanol–water partition coefficient (Wildman–Crippen LogP) is 3.30. The lowest BCUT2D eigenvalue weighted by Gasteiger charge is -2.14. The molecular formula is C12H11F2N3OS. The summed E-state index contributed by atoms with van der Waals surface area (Å²) in [6.45, 7) is 1.67. The molecule has 1 atom stereocenters. The molecule has 19 heavy (non-hydrogen) atoms. The summed E-state index contributed by atoms with van der Waals surface area (Å²) in [4.78, 5) is 15.5. The number of thiazole rings is 1. The molecule has 0 fully saturated rings. The van der Waals surface area contributed by atoms with Crippen molar-refractivity contribution in [2.75, 3.05) is 5.32 Å². The number of benzene rings is 1. The molecule has 0 saturated heterocycles. The number of carbonyl (C=O) groups excluding carboxylic acids is 1. The van der Waals surface area contributed by atoms with Crippen LogP contribution in [0.25, 0.3) is 0 Å². The van der Waals surface area contributed by atoms with Gasteiger partial charge in [-0.05, 0) is 24.6 Å². The number of anilines is 1. The topological polar surface area (TPSA) is 54.0 Å². The van der Waals surface area contributed by atoms with Gasteiger partial charge in [0.1, 0.15) is 0 Å². The fourth-order valence-electron chi connectivity index (χ4n) is 1.48. The minimum Gasteiger partial charge on any atom is -0.331 e. The zero-order valence-electron chi connectivity index (χ0n) is 9.98. The third-order valence-electron chi connectivity index (χ3n) is 2.44. The molecule has 4 nitrogen and oxygen atoms in total. The number of hydrogen-bond donors (Lipinski definition) is 2. The van der Waals surface area contributed by atoms with Gasteiger partial charge in [0.25, 0.3) is 0 Å². The Morgan fingerprint density at radius 2 is 2.16 bits per heavy atom. The van der Waals surface area contributed by atoms with Crippen molar-refractivity contribution in [3.63, 3.8) is 0 Å². The third kappa shape index (κ3) is 3.47. The van der Waals surface area contributed by atoms with Crippen LogP contribution >= 0.6 is 11.3 Å². The summed E-state index contributed by atoms with van der Waals surface area (Å²) in [7, 11) is 0. The highest BCUT2D eigenvalue weighted by molar-refractivity contribution is 7.13. The number of aromatic nitrogens is 1. The Morgan fingerprint density at radius 1 is 1.37 bits per heavy atom. The number of halogens is 2. The lowest BCUT2D eigenvalue weighted by Crippen LogP contribution is -2.31. The van der Waals surface area contributed by atoms with Crippen LogP contribution in [0.2, 0.25) is 0 Å². The van der Waals surface area contributed by atoms with Gasteiger partial charge >= 0.3 is 6.03 Å². The van der Waals surface area contributed by atoms with Crippen LogP contribution in [0, 0.1) is 11.6 Å². The summed E-state index contributed by atoms with van der Waals surface area (Å²) in [6, 6.07) is 2.61. The number of rotatable bonds is 3. The number of nitrogens with zero attached hydrogens (tertiary/aromatic N) is 1. The normalized spacial score (nSPS) is 11.9. The Labute approximate surface area is 112 Å². The van der Waals surface area contributed by atoms with E-state index in [1.165, 1.54) is 17.4 Å². The molecule has 0 aliphatic rings. The van der Waals surface area contributed by atoms with Crippen molar-refractivity contribution in [3.8, 4) is 0 Å². The summed E-state index contributed by atoms with van der Waals surface area (Å²) in [5, 5.41) is 7.34. The SMILES string of the molecule is C[C@H](NC(=O)Nc1nccs1)c1ccc(F)c(F)c1. The maximum absolute atomic E-state index is 13.1. The van der Waals surface area contributed by atoms with E-state index < -0.39 is 23.7 Å². The summed E-state index contributed by atoms with van der Waals surface area (Å²) >= 11 is 1.29. The Balaban J connectivity index is 1.98. The summed E-state index contributed by atoms with van der Waals surface area (Å²) < 4.78 is 25.9. The standard InChI is InChI=1S/C12H11F2N3OS/c1-7(8-2-3-9(13)10(14)6-8)16-11(18)17-12-15-4-5-19-12/h2-7H,1H3,(H2,15,16,17,18)/t7-/m0/s1. The van der Waals surface area contributed by atoms with Crippen LogP contribution in [0.3, 0.4) is 0 Å². The van der Waals surface area contributed by atoms with Crippen molar-refractivity contribution in [1.29, 1.82) is 0 Å². The van der Waals surface area contributed by atoms with Crippen molar-refractivity contribution in [2.45, 2.75) is 13.0 Å². The van der Waals surface area contributed by atoms with E-state index in [2.05, 4.69) is 15.6 Å². The highest BCUT2D eigenvalue weighted by Gasteiger charge is 2.12. The molecule has 0 spiro atoms. The van der Waals surface area contributed by atoms with E-state index in [4.69, 9.17) is 0 Å². The largest absolute Gasteiger partial charge is 0.331 e. The molecule has 0 bridgehead atoms. The highest BCUT2D eigenvalue weighted by atomic mass is 32.1. The summed E-state index contributed by atoms with van der Waals surface area (Å²) in [6.07, 6.45) is 1.57. The number of hydrogen-bond acceptors (Lipinski definition) is 3. The van der Waals surface area contributed by atoms with Crippen LogP contribution in [0.4, 0.5) is 18.7 Å². The van der Waals surface area contributed by atoms with Crippen LogP contribution in [-0.2, 0) is 0 Å². The molecular weight excluding hydrogens is 272 g/mol. The van der Waals surface area contributed by atoms with Gasteiger partial charge in [0.05, 0.1) is 6.04 Å². The van der Waals surface area contributed by atoms with Gasteiger partial charge in [0, 0.05) is 11.6 Å². The third-order valence-corrected chi connectivity index (χ3v) is 3.13. The average molecular weight is 283 g/mol. The average Bonchev–Trinajstić information content (AvgIpc) is 2.85. The Morgan fingerprint density at radius 3 is 2.79 bits per heavy atom. The Kier molecular flexibility index (Phi) is 4.06. The van der Waals surface area contributed by atoms with E-state index >= 15 is 0 Å². The second-order valence-corrected chi connectivity index (χ2v) is 4.73. The monoisotopic (exact) mass is 283 g/mol. The van der Waals surface area contributed by atoms with E-state index in [9.17, 15) is 13.6 Å². The van der Waals surface area contributed by atoms with Gasteiger partial charge in [-0.15, -0.1) is 11.3 Å². The van der Waals surface area contributed by atoms with Gasteiger partial charge in [-0.1, -0.05) is 6.07 Å². The van der Waals surface area contributed by atoms with Crippen LogP contribution in [-0.4, -0.2) is 11.0 Å². The number of carbonyl (C=O) groups is 1. The van der Waals surface area contributed by atoms with Gasteiger partial charge in [-0.3, -0.25) is 5.32 Å². The van der Waals surface area contributed by atoms with E-state index in [0.717, 1.165) is 12.1 Å². The zero-order chi connectivity index (χ0) is 13.8. The first-order chi connectivity index (χ1) is 9.06. The lowest BCUT2D eigenvalue weighted by molar-refractivity contribution is 0.249. The quantitative estimate of drug-likeness (QED) is 0.908. The van der Waals surface area contributed by atoms with E-state index in [0.29, 0.717) is 10.7 Å². The molecule has 0 unspecified atom stereocenters. The van der Waals surface area contributed by atoms with Gasteiger partial charge < -0.3 is 5.32 Å². The van der Waals surface area contributed by atoms with Crippen LogP contribution in [0.5, 0.6) is 0 Å². The molecule has 7 heteroatoms. The minimum atomic E-state index is -0.938. The predicted molar refractivity (Wildman–Crippen MR) is 69.0 cm³/mol. The fourth-order valence-corrected chi connectivity index (χ4v) is 2.00. The molecule has 0 aliphatic carbocycles. The van der Waals surface area contributed by atoms with E-state index in [1.54, 1.807) is 18.5 Å². The zero-order valence-corrected chi connectivity index (χ0v) is 10.8. The number of amides is 2. The van der Waals surface area contributed by atoms with Crippen molar-refractivity contribution in [1.82, 2.24) is 10.3 Å². The van der Waals surface area contributed by atoms with Gasteiger partial charge in [-0.25, -0.2) is 18.6 Å². The minimum absolute atomic E-state index is 0.449. The van der Waals surface area contributed by atoms with Crippen LogP contribution < -0.4 is 10.6 Å². The molecule has 100 valence electrons. The molecule has 0 radical (unpaired) electrons. The number of urea groups is 1. The van der Waals surface area contributed by atoms with Gasteiger partial charge in [0.2, 0.25) is 0 Å². The van der Waals surface area contributed by atoms with Gasteiger partial charge in [-0.2, -0.15) is 0 Å². The molecule has 1 aromatic heterocycles. The lowest BCUT2D eigenvalue weighted by atomic mass is 10.1. The van der Waals surface area contributed by atoms with E-state index in [1.807, 2.05) is 0 Å². The maximum Gasteiger partial charge on any atom is 0.321 e. The van der Waals surface area contributed by atoms with Crippen molar-refractivity contribution < 1.29 is 13.6 Å². The molecule has 0 saturated carbocycles.